The molecule has 2 aromatic carbocycles. The van der Waals surface area contributed by atoms with Crippen LogP contribution in [0.15, 0.2) is 40.9 Å². The Hall–Kier alpha value is -1.99. The number of ether oxygens (including phenoxy) is 1. The molecule has 0 aromatic heterocycles. The molecule has 1 atom stereocenters. The number of benzene rings is 2. The molecule has 0 fully saturated rings. The van der Waals surface area contributed by atoms with E-state index in [1.54, 1.807) is 18.2 Å². The highest BCUT2D eigenvalue weighted by atomic mass is 79.9. The Morgan fingerprint density at radius 3 is 2.60 bits per heavy atom. The summed E-state index contributed by atoms with van der Waals surface area (Å²) in [7, 11) is 1.17. The fourth-order valence-electron chi connectivity index (χ4n) is 2.16. The maximum atomic E-state index is 13.7. The van der Waals surface area contributed by atoms with Crippen LogP contribution in [0.1, 0.15) is 15.9 Å². The first-order chi connectivity index (χ1) is 11.8. The molecule has 0 spiro atoms. The van der Waals surface area contributed by atoms with E-state index in [1.165, 1.54) is 7.11 Å². The molecule has 1 N–H and O–H groups in total. The van der Waals surface area contributed by atoms with Gasteiger partial charge in [0.1, 0.15) is 17.7 Å². The first-order valence-corrected chi connectivity index (χ1v) is 8.26. The lowest BCUT2D eigenvalue weighted by Crippen LogP contribution is -2.43. The molecule has 4 nitrogen and oxygen atoms in total. The van der Waals surface area contributed by atoms with E-state index in [9.17, 15) is 18.4 Å². The van der Waals surface area contributed by atoms with Crippen LogP contribution in [-0.4, -0.2) is 25.0 Å². The highest BCUT2D eigenvalue weighted by molar-refractivity contribution is 9.10. The maximum absolute atomic E-state index is 13.7. The predicted molar refractivity (Wildman–Crippen MR) is 92.5 cm³/mol. The average Bonchev–Trinajstić information content (AvgIpc) is 2.56. The van der Waals surface area contributed by atoms with Crippen molar-refractivity contribution in [1.29, 1.82) is 0 Å². The van der Waals surface area contributed by atoms with Crippen LogP contribution >= 0.6 is 27.5 Å². The van der Waals surface area contributed by atoms with Crippen molar-refractivity contribution in [3.63, 3.8) is 0 Å². The van der Waals surface area contributed by atoms with Crippen molar-refractivity contribution in [2.45, 2.75) is 12.5 Å². The van der Waals surface area contributed by atoms with Crippen molar-refractivity contribution < 1.29 is 23.1 Å². The van der Waals surface area contributed by atoms with Gasteiger partial charge in [0, 0.05) is 22.0 Å². The van der Waals surface area contributed by atoms with E-state index < -0.39 is 29.6 Å². The molecule has 8 heteroatoms. The van der Waals surface area contributed by atoms with E-state index in [2.05, 4.69) is 26.0 Å². The molecule has 0 aliphatic heterocycles. The van der Waals surface area contributed by atoms with Gasteiger partial charge in [0.2, 0.25) is 0 Å². The molecule has 132 valence electrons. The summed E-state index contributed by atoms with van der Waals surface area (Å²) in [6, 6.07) is 6.48. The number of amides is 1. The van der Waals surface area contributed by atoms with Gasteiger partial charge in [-0.15, -0.1) is 0 Å². The van der Waals surface area contributed by atoms with Crippen molar-refractivity contribution in [3.8, 4) is 0 Å². The van der Waals surface area contributed by atoms with Crippen molar-refractivity contribution in [1.82, 2.24) is 5.32 Å². The largest absolute Gasteiger partial charge is 0.467 e. The number of rotatable bonds is 5. The van der Waals surface area contributed by atoms with E-state index >= 15 is 0 Å². The van der Waals surface area contributed by atoms with Gasteiger partial charge >= 0.3 is 5.97 Å². The third-order valence-electron chi connectivity index (χ3n) is 3.40. The summed E-state index contributed by atoms with van der Waals surface area (Å²) < 4.78 is 32.1. The summed E-state index contributed by atoms with van der Waals surface area (Å²) in [5, 5.41) is 2.86. The fraction of sp³-hybridized carbons (Fsp3) is 0.176. The molecule has 2 aromatic rings. The highest BCUT2D eigenvalue weighted by Gasteiger charge is 2.25. The van der Waals surface area contributed by atoms with Gasteiger partial charge in [0.25, 0.3) is 5.91 Å². The number of nitrogens with one attached hydrogen (secondary N) is 1. The molecule has 0 aliphatic rings. The van der Waals surface area contributed by atoms with Crippen LogP contribution in [0.3, 0.4) is 0 Å². The zero-order valence-corrected chi connectivity index (χ0v) is 15.3. The van der Waals surface area contributed by atoms with Gasteiger partial charge in [-0.3, -0.25) is 4.79 Å². The molecule has 0 bridgehead atoms. The van der Waals surface area contributed by atoms with Gasteiger partial charge < -0.3 is 10.1 Å². The molecule has 0 heterocycles. The Bertz CT molecular complexity index is 816. The van der Waals surface area contributed by atoms with Gasteiger partial charge in [-0.2, -0.15) is 0 Å². The second kappa shape index (κ2) is 8.40. The molecule has 25 heavy (non-hydrogen) atoms. The topological polar surface area (TPSA) is 55.4 Å². The van der Waals surface area contributed by atoms with Crippen LogP contribution in [-0.2, 0) is 16.0 Å². The number of hydrogen-bond donors (Lipinski definition) is 1. The van der Waals surface area contributed by atoms with Gasteiger partial charge in [0.15, 0.2) is 0 Å². The molecule has 2 rings (SSSR count). The Balaban J connectivity index is 2.24. The lowest BCUT2D eigenvalue weighted by Gasteiger charge is -2.18. The first-order valence-electron chi connectivity index (χ1n) is 7.09. The van der Waals surface area contributed by atoms with E-state index in [0.29, 0.717) is 21.1 Å². The van der Waals surface area contributed by atoms with Gasteiger partial charge in [0.05, 0.1) is 12.7 Å². The van der Waals surface area contributed by atoms with Crippen LogP contribution in [0.2, 0.25) is 5.02 Å². The summed E-state index contributed by atoms with van der Waals surface area (Å²) in [6.45, 7) is 0. The lowest BCUT2D eigenvalue weighted by atomic mass is 10.1. The van der Waals surface area contributed by atoms with E-state index in [0.717, 1.165) is 12.1 Å². The number of carbonyl (C=O) groups is 2. The number of esters is 1. The number of halogens is 4. The second-order valence-electron chi connectivity index (χ2n) is 5.11. The lowest BCUT2D eigenvalue weighted by molar-refractivity contribution is -0.142. The Morgan fingerprint density at radius 1 is 1.24 bits per heavy atom. The zero-order chi connectivity index (χ0) is 18.6. The normalized spacial score (nSPS) is 11.7. The molecule has 0 saturated heterocycles. The van der Waals surface area contributed by atoms with E-state index in [-0.39, 0.29) is 12.0 Å². The zero-order valence-electron chi connectivity index (χ0n) is 13.0. The highest BCUT2D eigenvalue weighted by Crippen LogP contribution is 2.23. The smallest absolute Gasteiger partial charge is 0.328 e. The summed E-state index contributed by atoms with van der Waals surface area (Å²) in [4.78, 5) is 24.2. The van der Waals surface area contributed by atoms with Crippen LogP contribution < -0.4 is 5.32 Å². The maximum Gasteiger partial charge on any atom is 0.328 e. The van der Waals surface area contributed by atoms with Gasteiger partial charge in [-0.1, -0.05) is 27.5 Å². The summed E-state index contributed by atoms with van der Waals surface area (Å²) in [5.74, 6) is -3.39. The van der Waals surface area contributed by atoms with Gasteiger partial charge in [-0.25, -0.2) is 13.6 Å². The van der Waals surface area contributed by atoms with Crippen molar-refractivity contribution in [3.05, 3.63) is 68.7 Å². The van der Waals surface area contributed by atoms with Crippen LogP contribution in [0.5, 0.6) is 0 Å². The second-order valence-corrected chi connectivity index (χ2v) is 6.40. The quantitative estimate of drug-likeness (QED) is 0.729. The van der Waals surface area contributed by atoms with Crippen molar-refractivity contribution >= 4 is 39.4 Å². The molecule has 0 saturated carbocycles. The third-order valence-corrected chi connectivity index (χ3v) is 4.41. The van der Waals surface area contributed by atoms with Gasteiger partial charge in [-0.05, 0) is 35.9 Å². The van der Waals surface area contributed by atoms with Crippen LogP contribution in [0, 0.1) is 11.6 Å². The first kappa shape index (κ1) is 19.3. The monoisotopic (exact) mass is 431 g/mol. The standard InChI is InChI=1S/C17H13BrClF2NO3/c1-25-17(24)15(7-9-6-10(19)2-5-13(9)18)22-16(23)12-4-3-11(20)8-14(12)21/h2-6,8,15H,7H2,1H3,(H,22,23)/t15-/m1/s1. The molecule has 0 unspecified atom stereocenters. The number of methoxy groups -OCH3 is 1. The van der Waals surface area contributed by atoms with Crippen LogP contribution in [0.4, 0.5) is 8.78 Å². The number of carbonyl (C=O) groups excluding carboxylic acids is 2. The molecule has 0 aliphatic carbocycles. The minimum absolute atomic E-state index is 0.0718. The minimum Gasteiger partial charge on any atom is -0.467 e. The fourth-order valence-corrected chi connectivity index (χ4v) is 2.77. The Labute approximate surface area is 156 Å². The van der Waals surface area contributed by atoms with E-state index in [1.807, 2.05) is 0 Å². The SMILES string of the molecule is COC(=O)[C@@H](Cc1cc(Cl)ccc1Br)NC(=O)c1ccc(F)cc1F. The van der Waals surface area contributed by atoms with Crippen LogP contribution in [0.25, 0.3) is 0 Å². The summed E-state index contributed by atoms with van der Waals surface area (Å²) >= 11 is 9.28. The number of hydrogen-bond acceptors (Lipinski definition) is 3. The van der Waals surface area contributed by atoms with Crippen molar-refractivity contribution in [2.75, 3.05) is 7.11 Å². The summed E-state index contributed by atoms with van der Waals surface area (Å²) in [5.41, 5.74) is 0.281. The minimum atomic E-state index is -1.07. The average molecular weight is 433 g/mol. The Morgan fingerprint density at radius 2 is 1.96 bits per heavy atom. The van der Waals surface area contributed by atoms with Crippen molar-refractivity contribution in [2.24, 2.45) is 0 Å². The van der Waals surface area contributed by atoms with E-state index in [4.69, 9.17) is 11.6 Å². The third kappa shape index (κ3) is 4.99. The molecular weight excluding hydrogens is 420 g/mol. The molecule has 0 radical (unpaired) electrons. The summed E-state index contributed by atoms with van der Waals surface area (Å²) in [6.07, 6.45) is 0.0718. The molecular formula is C17H13BrClF2NO3. The molecule has 1 amide bonds. The predicted octanol–water partition coefficient (Wildman–Crippen LogP) is 3.89. The Kier molecular flexibility index (Phi) is 6.50.